The second-order valence-corrected chi connectivity index (χ2v) is 9.10. The van der Waals surface area contributed by atoms with Crippen LogP contribution in [-0.4, -0.2) is 25.8 Å². The molecule has 7 nitrogen and oxygen atoms in total. The number of benzene rings is 1. The van der Waals surface area contributed by atoms with Gasteiger partial charge in [0.15, 0.2) is 6.39 Å². The molecule has 1 unspecified atom stereocenters. The number of aryl methyl sites for hydroxylation is 1. The first-order valence-electron chi connectivity index (χ1n) is 11.7. The van der Waals surface area contributed by atoms with E-state index in [1.807, 2.05) is 24.4 Å². The number of nitrogens with zero attached hydrogens (tertiary/aromatic N) is 4. The van der Waals surface area contributed by atoms with Crippen LogP contribution in [0.2, 0.25) is 5.15 Å². The van der Waals surface area contributed by atoms with Crippen LogP contribution in [0.25, 0.3) is 0 Å². The maximum Gasteiger partial charge on any atom is 0.251 e. The summed E-state index contributed by atoms with van der Waals surface area (Å²) in [6.45, 7) is 1.82. The molecule has 1 N–H and O–H groups in total. The molecule has 3 heterocycles. The van der Waals surface area contributed by atoms with Crippen molar-refractivity contribution in [2.24, 2.45) is 0 Å². The Hall–Kier alpha value is -3.55. The Bertz CT molecular complexity index is 1290. The summed E-state index contributed by atoms with van der Waals surface area (Å²) in [5.74, 6) is -0.183. The molecular formula is C27H26ClN5O2. The molecule has 1 aromatic carbocycles. The van der Waals surface area contributed by atoms with Gasteiger partial charge in [0.25, 0.3) is 5.91 Å². The monoisotopic (exact) mass is 487 g/mol. The summed E-state index contributed by atoms with van der Waals surface area (Å²) in [4.78, 5) is 28.0. The van der Waals surface area contributed by atoms with Gasteiger partial charge >= 0.3 is 0 Å². The topological polar surface area (TPSA) is 84.2 Å². The van der Waals surface area contributed by atoms with Gasteiger partial charge in [-0.25, -0.2) is 9.97 Å². The van der Waals surface area contributed by atoms with E-state index in [-0.39, 0.29) is 11.9 Å². The third-order valence-corrected chi connectivity index (χ3v) is 6.48. The van der Waals surface area contributed by atoms with E-state index in [1.54, 1.807) is 18.4 Å². The lowest BCUT2D eigenvalue weighted by atomic mass is 9.90. The van der Waals surface area contributed by atoms with Crippen molar-refractivity contribution < 1.29 is 9.21 Å². The Labute approximate surface area is 209 Å². The molecule has 3 aromatic heterocycles. The van der Waals surface area contributed by atoms with Gasteiger partial charge in [0, 0.05) is 37.6 Å². The summed E-state index contributed by atoms with van der Waals surface area (Å²) in [6.07, 6.45) is 9.82. The molecule has 178 valence electrons. The highest BCUT2D eigenvalue weighted by molar-refractivity contribution is 6.29. The number of carbonyl (C=O) groups excluding carboxylic acids is 1. The fraction of sp³-hybridized carbons (Fsp3) is 0.259. The number of amides is 1. The van der Waals surface area contributed by atoms with E-state index in [9.17, 15) is 4.79 Å². The van der Waals surface area contributed by atoms with Gasteiger partial charge in [0.2, 0.25) is 0 Å². The molecular weight excluding hydrogens is 462 g/mol. The number of rotatable bonds is 8. The van der Waals surface area contributed by atoms with E-state index in [0.29, 0.717) is 23.8 Å². The van der Waals surface area contributed by atoms with E-state index < -0.39 is 0 Å². The van der Waals surface area contributed by atoms with Crippen LogP contribution in [0.5, 0.6) is 0 Å². The van der Waals surface area contributed by atoms with Crippen molar-refractivity contribution in [1.82, 2.24) is 25.2 Å². The zero-order valence-corrected chi connectivity index (χ0v) is 20.0. The molecule has 1 aliphatic rings. The number of nitrogens with one attached hydrogen (secondary N) is 1. The van der Waals surface area contributed by atoms with Gasteiger partial charge in [-0.15, -0.1) is 0 Å². The first-order valence-corrected chi connectivity index (χ1v) is 12.1. The van der Waals surface area contributed by atoms with Crippen LogP contribution in [0.1, 0.15) is 57.3 Å². The molecule has 8 heteroatoms. The average Bonchev–Trinajstić information content (AvgIpc) is 3.40. The van der Waals surface area contributed by atoms with Gasteiger partial charge < -0.3 is 9.73 Å². The van der Waals surface area contributed by atoms with E-state index in [2.05, 4.69) is 38.4 Å². The standard InChI is InChI=1S/C27H26ClN5O2/c28-25-13-22(9-11-29-25)27(34)31-14-19-4-1-5-20(12-19)15-33(16-23-17-35-18-32-23)24-8-2-6-21-7-3-10-30-26(21)24/h1,3-5,7,9-13,17-18,24H,2,6,8,14-16H2,(H,31,34). The van der Waals surface area contributed by atoms with Crippen LogP contribution in [-0.2, 0) is 26.1 Å². The van der Waals surface area contributed by atoms with Crippen molar-refractivity contribution in [1.29, 1.82) is 0 Å². The zero-order chi connectivity index (χ0) is 24.0. The molecule has 4 aromatic rings. The van der Waals surface area contributed by atoms with Crippen LogP contribution in [0.3, 0.4) is 0 Å². The number of halogens is 1. The van der Waals surface area contributed by atoms with Gasteiger partial charge in [-0.05, 0) is 54.2 Å². The third kappa shape index (κ3) is 5.75. The Morgan fingerprint density at radius 3 is 2.83 bits per heavy atom. The summed E-state index contributed by atoms with van der Waals surface area (Å²) in [5, 5.41) is 3.26. The minimum Gasteiger partial charge on any atom is -0.451 e. The van der Waals surface area contributed by atoms with Crippen LogP contribution in [0.4, 0.5) is 0 Å². The summed E-state index contributed by atoms with van der Waals surface area (Å²) in [5.41, 5.74) is 6.05. The summed E-state index contributed by atoms with van der Waals surface area (Å²) >= 11 is 5.91. The molecule has 1 atom stereocenters. The number of hydrogen-bond donors (Lipinski definition) is 1. The normalized spacial score (nSPS) is 15.1. The van der Waals surface area contributed by atoms with Crippen molar-refractivity contribution in [3.8, 4) is 0 Å². The van der Waals surface area contributed by atoms with E-state index in [1.165, 1.54) is 18.2 Å². The van der Waals surface area contributed by atoms with Gasteiger partial charge in [-0.2, -0.15) is 0 Å². The van der Waals surface area contributed by atoms with Crippen molar-refractivity contribution in [3.05, 3.63) is 112 Å². The Kier molecular flexibility index (Phi) is 7.16. The highest BCUT2D eigenvalue weighted by Crippen LogP contribution is 2.34. The Morgan fingerprint density at radius 2 is 1.97 bits per heavy atom. The van der Waals surface area contributed by atoms with E-state index in [0.717, 1.165) is 48.3 Å². The molecule has 5 rings (SSSR count). The second kappa shape index (κ2) is 10.8. The predicted molar refractivity (Wildman–Crippen MR) is 133 cm³/mol. The third-order valence-electron chi connectivity index (χ3n) is 6.27. The number of oxazole rings is 1. The van der Waals surface area contributed by atoms with Gasteiger partial charge in [-0.1, -0.05) is 41.9 Å². The highest BCUT2D eigenvalue weighted by atomic mass is 35.5. The predicted octanol–water partition coefficient (Wildman–Crippen LogP) is 5.13. The highest BCUT2D eigenvalue weighted by Gasteiger charge is 2.28. The Balaban J connectivity index is 1.32. The van der Waals surface area contributed by atoms with Gasteiger partial charge in [-0.3, -0.25) is 14.7 Å². The van der Waals surface area contributed by atoms with Gasteiger partial charge in [0.05, 0.1) is 17.4 Å². The molecule has 35 heavy (non-hydrogen) atoms. The second-order valence-electron chi connectivity index (χ2n) is 8.71. The summed E-state index contributed by atoms with van der Waals surface area (Å²) < 4.78 is 5.23. The van der Waals surface area contributed by atoms with Crippen molar-refractivity contribution >= 4 is 17.5 Å². The van der Waals surface area contributed by atoms with Crippen molar-refractivity contribution in [2.75, 3.05) is 0 Å². The van der Waals surface area contributed by atoms with Crippen LogP contribution in [0, 0.1) is 0 Å². The molecule has 0 radical (unpaired) electrons. The molecule has 0 saturated heterocycles. The molecule has 1 amide bonds. The lowest BCUT2D eigenvalue weighted by Crippen LogP contribution is -2.31. The molecule has 0 fully saturated rings. The molecule has 0 aliphatic heterocycles. The maximum atomic E-state index is 12.5. The lowest BCUT2D eigenvalue weighted by Gasteiger charge is -2.34. The number of pyridine rings is 2. The number of fused-ring (bicyclic) bond motifs is 1. The summed E-state index contributed by atoms with van der Waals surface area (Å²) in [6, 6.07) is 15.9. The number of aromatic nitrogens is 3. The minimum atomic E-state index is -0.183. The number of hydrogen-bond acceptors (Lipinski definition) is 6. The van der Waals surface area contributed by atoms with Crippen molar-refractivity contribution in [3.63, 3.8) is 0 Å². The fourth-order valence-electron chi connectivity index (χ4n) is 4.64. The Morgan fingerprint density at radius 1 is 1.06 bits per heavy atom. The van der Waals surface area contributed by atoms with E-state index >= 15 is 0 Å². The van der Waals surface area contributed by atoms with Crippen LogP contribution >= 0.6 is 11.6 Å². The maximum absolute atomic E-state index is 12.5. The smallest absolute Gasteiger partial charge is 0.251 e. The first-order chi connectivity index (χ1) is 17.2. The minimum absolute atomic E-state index is 0.183. The molecule has 1 aliphatic carbocycles. The lowest BCUT2D eigenvalue weighted by molar-refractivity contribution is 0.0950. The van der Waals surface area contributed by atoms with E-state index in [4.69, 9.17) is 21.0 Å². The van der Waals surface area contributed by atoms with Crippen molar-refractivity contribution in [2.45, 2.75) is 44.9 Å². The van der Waals surface area contributed by atoms with Crippen LogP contribution < -0.4 is 5.32 Å². The van der Waals surface area contributed by atoms with Crippen LogP contribution in [0.15, 0.2) is 78.0 Å². The average molecular weight is 488 g/mol. The fourth-order valence-corrected chi connectivity index (χ4v) is 4.81. The largest absolute Gasteiger partial charge is 0.451 e. The molecule has 0 bridgehead atoms. The quantitative estimate of drug-likeness (QED) is 0.347. The molecule has 0 saturated carbocycles. The SMILES string of the molecule is O=C(NCc1cccc(CN(Cc2cocn2)C2CCCc3cccnc32)c1)c1ccnc(Cl)c1. The summed E-state index contributed by atoms with van der Waals surface area (Å²) in [7, 11) is 0. The molecule has 0 spiro atoms. The zero-order valence-electron chi connectivity index (χ0n) is 19.2. The number of carbonyl (C=O) groups is 1. The van der Waals surface area contributed by atoms with Gasteiger partial charge in [0.1, 0.15) is 11.4 Å². The first kappa shape index (κ1) is 23.2.